The van der Waals surface area contributed by atoms with E-state index < -0.39 is 5.97 Å². The maximum Gasteiger partial charge on any atom is 0.335 e. The van der Waals surface area contributed by atoms with Gasteiger partial charge in [0.2, 0.25) is 0 Å². The fourth-order valence-corrected chi connectivity index (χ4v) is 5.45. The summed E-state index contributed by atoms with van der Waals surface area (Å²) in [7, 11) is 0. The molecular weight excluding hydrogens is 468 g/mol. The van der Waals surface area contributed by atoms with Crippen LogP contribution in [0.1, 0.15) is 57.6 Å². The van der Waals surface area contributed by atoms with Crippen LogP contribution in [-0.4, -0.2) is 25.7 Å². The molecule has 2 aromatic heterocycles. The number of aromatic nitrogens is 2. The Balaban J connectivity index is 1.66. The Morgan fingerprint density at radius 1 is 1.03 bits per heavy atom. The lowest BCUT2D eigenvalue weighted by Gasteiger charge is -2.28. The summed E-state index contributed by atoms with van der Waals surface area (Å²) in [6, 6.07) is 23.4. The molecule has 1 aliphatic heterocycles. The predicted molar refractivity (Wildman–Crippen MR) is 146 cm³/mol. The van der Waals surface area contributed by atoms with Gasteiger partial charge in [-0.2, -0.15) is 0 Å². The van der Waals surface area contributed by atoms with Gasteiger partial charge in [0, 0.05) is 29.0 Å². The van der Waals surface area contributed by atoms with Gasteiger partial charge < -0.3 is 19.9 Å². The maximum atomic E-state index is 11.6. The lowest BCUT2D eigenvalue weighted by Crippen LogP contribution is -2.29. The molecule has 0 amide bonds. The number of benzene rings is 2. The van der Waals surface area contributed by atoms with Crippen molar-refractivity contribution in [3.63, 3.8) is 0 Å². The SMILES string of the molecule is CCc1ccc(N2C(=S)N[C@@H](c3ccccn3)[C@H]2c2cc(C)n(-c3cccc(C(=O)O)c3)c2C)cc1. The van der Waals surface area contributed by atoms with Crippen molar-refractivity contribution in [1.82, 2.24) is 14.9 Å². The van der Waals surface area contributed by atoms with Crippen molar-refractivity contribution in [3.05, 3.63) is 113 Å². The number of rotatable bonds is 6. The largest absolute Gasteiger partial charge is 0.478 e. The number of anilines is 1. The van der Waals surface area contributed by atoms with Gasteiger partial charge in [0.25, 0.3) is 0 Å². The Bertz CT molecular complexity index is 1430. The summed E-state index contributed by atoms with van der Waals surface area (Å²) < 4.78 is 2.11. The molecule has 7 heteroatoms. The van der Waals surface area contributed by atoms with Crippen molar-refractivity contribution in [1.29, 1.82) is 0 Å². The first kappa shape index (κ1) is 23.8. The van der Waals surface area contributed by atoms with E-state index in [4.69, 9.17) is 12.2 Å². The molecule has 3 heterocycles. The number of carboxylic acid groups (broad SMARTS) is 1. The summed E-state index contributed by atoms with van der Waals surface area (Å²) in [5, 5.41) is 13.7. The van der Waals surface area contributed by atoms with Gasteiger partial charge in [0.15, 0.2) is 5.11 Å². The second kappa shape index (κ2) is 9.59. The average molecular weight is 497 g/mol. The van der Waals surface area contributed by atoms with Gasteiger partial charge in [-0.05, 0) is 92.1 Å². The Morgan fingerprint density at radius 3 is 2.47 bits per heavy atom. The molecule has 0 spiro atoms. The fourth-order valence-electron chi connectivity index (χ4n) is 5.10. The van der Waals surface area contributed by atoms with Gasteiger partial charge in [0.1, 0.15) is 0 Å². The molecule has 5 rings (SSSR count). The lowest BCUT2D eigenvalue weighted by atomic mass is 9.96. The number of hydrogen-bond donors (Lipinski definition) is 2. The summed E-state index contributed by atoms with van der Waals surface area (Å²) in [5.74, 6) is -0.943. The summed E-state index contributed by atoms with van der Waals surface area (Å²) in [5.41, 5.74) is 7.43. The average Bonchev–Trinajstić information content (AvgIpc) is 3.39. The molecular formula is C29H28N4O2S. The maximum absolute atomic E-state index is 11.6. The standard InChI is InChI=1S/C29H28N4O2S/c1-4-20-11-13-22(14-12-20)33-27(26(31-29(33)36)25-10-5-6-15-30-25)24-16-18(2)32(19(24)3)23-9-7-8-21(17-23)28(34)35/h5-17,26-27H,4H2,1-3H3,(H,31,36)(H,34,35)/t26-,27+/m0/s1. The van der Waals surface area contributed by atoms with Crippen LogP contribution in [0.2, 0.25) is 0 Å². The van der Waals surface area contributed by atoms with E-state index in [-0.39, 0.29) is 17.6 Å². The van der Waals surface area contributed by atoms with Crippen molar-refractivity contribution in [2.75, 3.05) is 4.90 Å². The van der Waals surface area contributed by atoms with Crippen LogP contribution in [0.4, 0.5) is 5.69 Å². The number of carboxylic acids is 1. The van der Waals surface area contributed by atoms with E-state index in [1.165, 1.54) is 5.56 Å². The highest BCUT2D eigenvalue weighted by molar-refractivity contribution is 7.80. The zero-order chi connectivity index (χ0) is 25.4. The Hall–Kier alpha value is -3.97. The summed E-state index contributed by atoms with van der Waals surface area (Å²) >= 11 is 5.87. The van der Waals surface area contributed by atoms with Gasteiger partial charge in [-0.15, -0.1) is 0 Å². The van der Waals surface area contributed by atoms with Gasteiger partial charge >= 0.3 is 5.97 Å². The third-order valence-corrected chi connectivity index (χ3v) is 7.18. The number of pyridine rings is 1. The van der Waals surface area contributed by atoms with Gasteiger partial charge in [-0.1, -0.05) is 31.2 Å². The smallest absolute Gasteiger partial charge is 0.335 e. The minimum atomic E-state index is -0.943. The molecule has 0 aliphatic carbocycles. The van der Waals surface area contributed by atoms with Gasteiger partial charge in [0.05, 0.1) is 23.3 Å². The number of hydrogen-bond acceptors (Lipinski definition) is 3. The number of aromatic carboxylic acids is 1. The van der Waals surface area contributed by atoms with E-state index >= 15 is 0 Å². The molecule has 36 heavy (non-hydrogen) atoms. The molecule has 0 saturated carbocycles. The van der Waals surface area contributed by atoms with E-state index in [2.05, 4.69) is 63.9 Å². The van der Waals surface area contributed by atoms with Gasteiger partial charge in [-0.3, -0.25) is 4.98 Å². The Labute approximate surface area is 216 Å². The summed E-state index contributed by atoms with van der Waals surface area (Å²) in [6.07, 6.45) is 2.77. The Kier molecular flexibility index (Phi) is 6.33. The van der Waals surface area contributed by atoms with Crippen molar-refractivity contribution in [2.45, 2.75) is 39.3 Å². The molecule has 1 aliphatic rings. The summed E-state index contributed by atoms with van der Waals surface area (Å²) in [6.45, 7) is 6.26. The van der Waals surface area contributed by atoms with Crippen molar-refractivity contribution in [2.24, 2.45) is 0 Å². The summed E-state index contributed by atoms with van der Waals surface area (Å²) in [4.78, 5) is 18.4. The number of thiocarbonyl (C=S) groups is 1. The van der Waals surface area contributed by atoms with Gasteiger partial charge in [-0.25, -0.2) is 4.79 Å². The zero-order valence-electron chi connectivity index (χ0n) is 20.5. The van der Waals surface area contributed by atoms with E-state index in [9.17, 15) is 9.90 Å². The molecule has 2 N–H and O–H groups in total. The van der Waals surface area contributed by atoms with Crippen LogP contribution in [0.3, 0.4) is 0 Å². The Morgan fingerprint density at radius 2 is 1.81 bits per heavy atom. The second-order valence-electron chi connectivity index (χ2n) is 9.03. The molecule has 2 atom stereocenters. The van der Waals surface area contributed by atoms with E-state index in [1.807, 2.05) is 31.2 Å². The van der Waals surface area contributed by atoms with Crippen molar-refractivity contribution in [3.8, 4) is 5.69 Å². The second-order valence-corrected chi connectivity index (χ2v) is 9.42. The first-order chi connectivity index (χ1) is 17.4. The quantitative estimate of drug-likeness (QED) is 0.323. The van der Waals surface area contributed by atoms with Crippen LogP contribution in [0.5, 0.6) is 0 Å². The minimum Gasteiger partial charge on any atom is -0.478 e. The molecule has 4 aromatic rings. The van der Waals surface area contributed by atoms with E-state index in [0.717, 1.165) is 40.4 Å². The fraction of sp³-hybridized carbons (Fsp3) is 0.207. The molecule has 0 radical (unpaired) electrons. The minimum absolute atomic E-state index is 0.137. The van der Waals surface area contributed by atoms with Crippen LogP contribution in [0.15, 0.2) is 79.0 Å². The molecule has 182 valence electrons. The van der Waals surface area contributed by atoms with Crippen molar-refractivity contribution >= 4 is 29.0 Å². The highest BCUT2D eigenvalue weighted by Crippen LogP contribution is 2.43. The number of nitrogens with zero attached hydrogens (tertiary/aromatic N) is 3. The van der Waals surface area contributed by atoms with Crippen LogP contribution < -0.4 is 10.2 Å². The van der Waals surface area contributed by atoms with Crippen LogP contribution >= 0.6 is 12.2 Å². The molecule has 2 aromatic carbocycles. The normalized spacial score (nSPS) is 17.3. The number of carbonyl (C=O) groups is 1. The molecule has 0 unspecified atom stereocenters. The first-order valence-electron chi connectivity index (χ1n) is 12.0. The van der Waals surface area contributed by atoms with Crippen LogP contribution in [-0.2, 0) is 6.42 Å². The van der Waals surface area contributed by atoms with Crippen LogP contribution in [0.25, 0.3) is 5.69 Å². The molecule has 1 saturated heterocycles. The lowest BCUT2D eigenvalue weighted by molar-refractivity contribution is 0.0697. The molecule has 1 fully saturated rings. The van der Waals surface area contributed by atoms with E-state index in [1.54, 1.807) is 24.4 Å². The molecule has 6 nitrogen and oxygen atoms in total. The predicted octanol–water partition coefficient (Wildman–Crippen LogP) is 5.93. The zero-order valence-corrected chi connectivity index (χ0v) is 21.3. The van der Waals surface area contributed by atoms with E-state index in [0.29, 0.717) is 5.11 Å². The van der Waals surface area contributed by atoms with Crippen molar-refractivity contribution < 1.29 is 9.90 Å². The molecule has 0 bridgehead atoms. The first-order valence-corrected chi connectivity index (χ1v) is 12.4. The highest BCUT2D eigenvalue weighted by atomic mass is 32.1. The number of aryl methyl sites for hydroxylation is 2. The number of nitrogens with one attached hydrogen (secondary N) is 1. The third-order valence-electron chi connectivity index (χ3n) is 6.86. The third kappa shape index (κ3) is 4.16. The topological polar surface area (TPSA) is 70.4 Å². The van der Waals surface area contributed by atoms with Crippen LogP contribution in [0, 0.1) is 13.8 Å². The highest BCUT2D eigenvalue weighted by Gasteiger charge is 2.42. The monoisotopic (exact) mass is 496 g/mol.